The molecule has 0 aromatic rings. The molecule has 0 aliphatic carbocycles. The van der Waals surface area contributed by atoms with E-state index in [0.29, 0.717) is 18.9 Å². The van der Waals surface area contributed by atoms with Gasteiger partial charge in [-0.3, -0.25) is 4.79 Å². The normalized spacial score (nSPS) is 12.1. The zero-order valence-corrected chi connectivity index (χ0v) is 15.8. The van der Waals surface area contributed by atoms with Crippen LogP contribution in [0.25, 0.3) is 0 Å². The number of rotatable bonds is 17. The highest BCUT2D eigenvalue weighted by molar-refractivity contribution is 5.69. The summed E-state index contributed by atoms with van der Waals surface area (Å²) >= 11 is 0. The van der Waals surface area contributed by atoms with E-state index in [1.165, 1.54) is 57.8 Å². The number of esters is 1. The van der Waals surface area contributed by atoms with Crippen LogP contribution in [0.2, 0.25) is 0 Å². The number of carbonyl (C=O) groups is 1. The monoisotopic (exact) mass is 324 g/mol. The van der Waals surface area contributed by atoms with Crippen molar-refractivity contribution in [1.82, 2.24) is 0 Å². The molecule has 0 aromatic heterocycles. The lowest BCUT2D eigenvalue weighted by Crippen LogP contribution is -2.09. The molecule has 0 N–H and O–H groups in total. The minimum Gasteiger partial charge on any atom is -0.466 e. The molecule has 23 heavy (non-hydrogen) atoms. The number of unbranched alkanes of at least 4 members (excludes halogenated alkanes) is 7. The van der Waals surface area contributed by atoms with Crippen molar-refractivity contribution >= 4 is 5.97 Å². The van der Waals surface area contributed by atoms with E-state index in [0.717, 1.165) is 25.7 Å². The van der Waals surface area contributed by atoms with Gasteiger partial charge in [-0.2, -0.15) is 0 Å². The van der Waals surface area contributed by atoms with Crippen LogP contribution in [0.4, 0.5) is 0 Å². The summed E-state index contributed by atoms with van der Waals surface area (Å²) in [6.07, 6.45) is 18.3. The fourth-order valence-electron chi connectivity index (χ4n) is 2.95. The second-order valence-corrected chi connectivity index (χ2v) is 6.75. The third-order valence-electron chi connectivity index (χ3n) is 4.50. The quantitative estimate of drug-likeness (QED) is 0.166. The van der Waals surface area contributed by atoms with Gasteiger partial charge in [0.15, 0.2) is 0 Å². The lowest BCUT2D eigenvalue weighted by molar-refractivity contribution is -0.144. The largest absolute Gasteiger partial charge is 0.466 e. The van der Waals surface area contributed by atoms with Gasteiger partial charge in [-0.05, 0) is 31.6 Å². The van der Waals surface area contributed by atoms with Crippen molar-refractivity contribution in [1.29, 1.82) is 0 Å². The Kier molecular flexibility index (Phi) is 17.0. The van der Waals surface area contributed by atoms with E-state index in [-0.39, 0.29) is 5.97 Å². The Morgan fingerprint density at radius 1 is 0.913 bits per heavy atom. The van der Waals surface area contributed by atoms with Gasteiger partial charge in [-0.15, -0.1) is 6.58 Å². The summed E-state index contributed by atoms with van der Waals surface area (Å²) in [7, 11) is 0. The molecular formula is C21H40O2. The van der Waals surface area contributed by atoms with Gasteiger partial charge in [0.1, 0.15) is 0 Å². The maximum Gasteiger partial charge on any atom is 0.305 e. The maximum absolute atomic E-state index is 11.8. The van der Waals surface area contributed by atoms with Crippen LogP contribution in [0.5, 0.6) is 0 Å². The van der Waals surface area contributed by atoms with Gasteiger partial charge < -0.3 is 4.74 Å². The summed E-state index contributed by atoms with van der Waals surface area (Å²) in [6, 6.07) is 0. The average molecular weight is 325 g/mol. The Labute approximate surface area is 145 Å². The van der Waals surface area contributed by atoms with Crippen LogP contribution in [-0.4, -0.2) is 12.6 Å². The summed E-state index contributed by atoms with van der Waals surface area (Å²) < 4.78 is 5.33. The molecule has 0 aliphatic rings. The van der Waals surface area contributed by atoms with Gasteiger partial charge in [0.25, 0.3) is 0 Å². The first-order valence-electron chi connectivity index (χ1n) is 10.0. The number of hydrogen-bond donors (Lipinski definition) is 0. The van der Waals surface area contributed by atoms with Crippen LogP contribution in [0, 0.1) is 5.92 Å². The predicted molar refractivity (Wildman–Crippen MR) is 101 cm³/mol. The molecule has 2 heteroatoms. The zero-order chi connectivity index (χ0) is 17.2. The molecule has 1 unspecified atom stereocenters. The molecule has 0 saturated heterocycles. The van der Waals surface area contributed by atoms with Gasteiger partial charge in [0.2, 0.25) is 0 Å². The van der Waals surface area contributed by atoms with E-state index >= 15 is 0 Å². The summed E-state index contributed by atoms with van der Waals surface area (Å²) in [4.78, 5) is 11.8. The van der Waals surface area contributed by atoms with Crippen molar-refractivity contribution in [3.8, 4) is 0 Å². The molecule has 0 saturated carbocycles. The van der Waals surface area contributed by atoms with Crippen molar-refractivity contribution in [2.45, 2.75) is 104 Å². The number of allylic oxidation sites excluding steroid dienone is 1. The van der Waals surface area contributed by atoms with Crippen LogP contribution in [0.3, 0.4) is 0 Å². The summed E-state index contributed by atoms with van der Waals surface area (Å²) in [5.41, 5.74) is 0. The van der Waals surface area contributed by atoms with E-state index < -0.39 is 0 Å². The molecule has 1 atom stereocenters. The first-order chi connectivity index (χ1) is 11.2. The molecule has 0 aliphatic heterocycles. The van der Waals surface area contributed by atoms with E-state index in [9.17, 15) is 4.79 Å². The fourth-order valence-corrected chi connectivity index (χ4v) is 2.95. The fraction of sp³-hybridized carbons (Fsp3) is 0.857. The highest BCUT2D eigenvalue weighted by atomic mass is 16.5. The molecule has 0 fully saturated rings. The topological polar surface area (TPSA) is 26.3 Å². The van der Waals surface area contributed by atoms with Crippen molar-refractivity contribution in [3.05, 3.63) is 12.7 Å². The van der Waals surface area contributed by atoms with Crippen LogP contribution >= 0.6 is 0 Å². The molecule has 0 bridgehead atoms. The second-order valence-electron chi connectivity index (χ2n) is 6.75. The van der Waals surface area contributed by atoms with Crippen LogP contribution < -0.4 is 0 Å². The maximum atomic E-state index is 11.8. The number of hydrogen-bond acceptors (Lipinski definition) is 2. The number of carbonyl (C=O) groups excluding carboxylic acids is 1. The van der Waals surface area contributed by atoms with Gasteiger partial charge in [-0.25, -0.2) is 0 Å². The lowest BCUT2D eigenvalue weighted by atomic mass is 9.91. The van der Waals surface area contributed by atoms with Gasteiger partial charge >= 0.3 is 5.97 Å². The van der Waals surface area contributed by atoms with Crippen molar-refractivity contribution in [2.75, 3.05) is 6.61 Å². The van der Waals surface area contributed by atoms with Crippen molar-refractivity contribution < 1.29 is 9.53 Å². The first kappa shape index (κ1) is 22.2. The highest BCUT2D eigenvalue weighted by Crippen LogP contribution is 2.22. The van der Waals surface area contributed by atoms with E-state index in [4.69, 9.17) is 4.74 Å². The van der Waals surface area contributed by atoms with Crippen molar-refractivity contribution in [3.63, 3.8) is 0 Å². The molecule has 136 valence electrons. The van der Waals surface area contributed by atoms with E-state index in [1.807, 2.05) is 6.08 Å². The van der Waals surface area contributed by atoms with Gasteiger partial charge in [-0.1, -0.05) is 77.7 Å². The van der Waals surface area contributed by atoms with Crippen LogP contribution in [-0.2, 0) is 9.53 Å². The summed E-state index contributed by atoms with van der Waals surface area (Å²) in [5.74, 6) is 0.712. The third kappa shape index (κ3) is 15.9. The molecule has 0 aromatic carbocycles. The second kappa shape index (κ2) is 17.6. The summed E-state index contributed by atoms with van der Waals surface area (Å²) in [6.45, 7) is 8.78. The number of ether oxygens (including phenoxy) is 1. The van der Waals surface area contributed by atoms with Gasteiger partial charge in [0.05, 0.1) is 6.61 Å². The Balaban J connectivity index is 3.85. The van der Waals surface area contributed by atoms with Crippen LogP contribution in [0.1, 0.15) is 104 Å². The Morgan fingerprint density at radius 3 is 2.22 bits per heavy atom. The Morgan fingerprint density at radius 2 is 1.57 bits per heavy atom. The average Bonchev–Trinajstić information content (AvgIpc) is 2.55. The SMILES string of the molecule is C=CCCCCOC(=O)CCC(CCCCC)CCCCCC. The lowest BCUT2D eigenvalue weighted by Gasteiger charge is -2.16. The molecule has 0 radical (unpaired) electrons. The summed E-state index contributed by atoms with van der Waals surface area (Å²) in [5, 5.41) is 0. The first-order valence-corrected chi connectivity index (χ1v) is 10.0. The minimum atomic E-state index is -0.00217. The molecule has 0 rings (SSSR count). The minimum absolute atomic E-state index is 0.00217. The molecule has 0 spiro atoms. The third-order valence-corrected chi connectivity index (χ3v) is 4.50. The molecule has 0 amide bonds. The highest BCUT2D eigenvalue weighted by Gasteiger charge is 2.12. The smallest absolute Gasteiger partial charge is 0.305 e. The molecule has 0 heterocycles. The predicted octanol–water partition coefficient (Wildman–Crippen LogP) is 6.83. The Bertz CT molecular complexity index is 273. The van der Waals surface area contributed by atoms with E-state index in [1.54, 1.807) is 0 Å². The van der Waals surface area contributed by atoms with Crippen LogP contribution in [0.15, 0.2) is 12.7 Å². The Hall–Kier alpha value is -0.790. The zero-order valence-electron chi connectivity index (χ0n) is 15.8. The molecular weight excluding hydrogens is 284 g/mol. The van der Waals surface area contributed by atoms with E-state index in [2.05, 4.69) is 20.4 Å². The molecule has 2 nitrogen and oxygen atoms in total. The van der Waals surface area contributed by atoms with Gasteiger partial charge in [0, 0.05) is 6.42 Å². The van der Waals surface area contributed by atoms with Crippen molar-refractivity contribution in [2.24, 2.45) is 5.92 Å². The standard InChI is InChI=1S/C21H40O2/c1-4-7-10-13-16-20(15-12-9-6-3)17-18-21(22)23-19-14-11-8-5-2/h5,20H,2,4,6-19H2,1,3H3.